The number of benzene rings is 2. The molecular formula is C24H29F3IN5. The Labute approximate surface area is 209 Å². The molecule has 0 saturated heterocycles. The minimum absolute atomic E-state index is 0. The highest BCUT2D eigenvalue weighted by molar-refractivity contribution is 14.0. The third-order valence-electron chi connectivity index (χ3n) is 4.93. The van der Waals surface area contributed by atoms with Crippen molar-refractivity contribution >= 4 is 29.9 Å². The number of alkyl halides is 3. The van der Waals surface area contributed by atoms with Crippen molar-refractivity contribution in [2.45, 2.75) is 32.5 Å². The van der Waals surface area contributed by atoms with Gasteiger partial charge in [0, 0.05) is 45.0 Å². The Bertz CT molecular complexity index is 985. The molecule has 33 heavy (non-hydrogen) atoms. The van der Waals surface area contributed by atoms with Gasteiger partial charge in [-0.05, 0) is 36.6 Å². The third kappa shape index (κ3) is 8.71. The number of aliphatic imine (C=N–C) groups is 1. The van der Waals surface area contributed by atoms with Gasteiger partial charge in [0.05, 0.1) is 5.56 Å². The molecule has 2 N–H and O–H groups in total. The van der Waals surface area contributed by atoms with E-state index in [1.807, 2.05) is 31.3 Å². The van der Waals surface area contributed by atoms with E-state index < -0.39 is 11.7 Å². The lowest BCUT2D eigenvalue weighted by atomic mass is 10.1. The van der Waals surface area contributed by atoms with Gasteiger partial charge < -0.3 is 15.2 Å². The van der Waals surface area contributed by atoms with E-state index in [-0.39, 0.29) is 24.0 Å². The van der Waals surface area contributed by atoms with Crippen LogP contribution in [0.1, 0.15) is 29.4 Å². The van der Waals surface area contributed by atoms with Crippen molar-refractivity contribution in [3.05, 3.63) is 89.5 Å². The van der Waals surface area contributed by atoms with E-state index in [0.717, 1.165) is 36.6 Å². The highest BCUT2D eigenvalue weighted by Gasteiger charge is 2.29. The molecule has 3 aromatic rings. The molecule has 2 aromatic carbocycles. The van der Waals surface area contributed by atoms with E-state index in [1.165, 1.54) is 17.7 Å². The monoisotopic (exact) mass is 571 g/mol. The van der Waals surface area contributed by atoms with Crippen LogP contribution in [0.4, 0.5) is 13.2 Å². The molecule has 0 fully saturated rings. The molecule has 0 radical (unpaired) electrons. The van der Waals surface area contributed by atoms with E-state index >= 15 is 0 Å². The van der Waals surface area contributed by atoms with Crippen molar-refractivity contribution in [2.75, 3.05) is 19.6 Å². The number of rotatable bonds is 9. The summed E-state index contributed by atoms with van der Waals surface area (Å²) in [6.45, 7) is 4.61. The Morgan fingerprint density at radius 2 is 1.70 bits per heavy atom. The molecule has 9 heteroatoms. The molecule has 0 saturated carbocycles. The molecule has 0 spiro atoms. The van der Waals surface area contributed by atoms with Gasteiger partial charge in [-0.3, -0.25) is 4.99 Å². The lowest BCUT2D eigenvalue weighted by molar-refractivity contribution is -0.137. The van der Waals surface area contributed by atoms with Crippen LogP contribution in [-0.2, 0) is 25.6 Å². The Morgan fingerprint density at radius 3 is 2.36 bits per heavy atom. The van der Waals surface area contributed by atoms with Gasteiger partial charge in [0.25, 0.3) is 0 Å². The molecule has 0 aliphatic rings. The normalized spacial score (nSPS) is 11.7. The number of imidazole rings is 1. The van der Waals surface area contributed by atoms with Crippen LogP contribution in [0.3, 0.4) is 0 Å². The van der Waals surface area contributed by atoms with E-state index in [0.29, 0.717) is 31.9 Å². The fraction of sp³-hybridized carbons (Fsp3) is 0.333. The van der Waals surface area contributed by atoms with Crippen LogP contribution in [0, 0.1) is 0 Å². The number of aromatic nitrogens is 2. The smallest absolute Gasteiger partial charge is 0.357 e. The first-order valence-electron chi connectivity index (χ1n) is 10.7. The molecule has 0 amide bonds. The summed E-state index contributed by atoms with van der Waals surface area (Å²) in [7, 11) is 0. The summed E-state index contributed by atoms with van der Waals surface area (Å²) in [5, 5.41) is 6.43. The number of nitrogens with one attached hydrogen (secondary N) is 2. The fourth-order valence-electron chi connectivity index (χ4n) is 3.29. The van der Waals surface area contributed by atoms with E-state index in [1.54, 1.807) is 6.20 Å². The molecule has 1 heterocycles. The quantitative estimate of drug-likeness (QED) is 0.218. The lowest BCUT2D eigenvalue weighted by Crippen LogP contribution is -2.38. The van der Waals surface area contributed by atoms with Gasteiger partial charge >= 0.3 is 6.18 Å². The van der Waals surface area contributed by atoms with Gasteiger partial charge in [-0.1, -0.05) is 42.5 Å². The molecule has 3 rings (SSSR count). The third-order valence-corrected chi connectivity index (χ3v) is 4.93. The fourth-order valence-corrected chi connectivity index (χ4v) is 3.29. The highest BCUT2D eigenvalue weighted by Crippen LogP contribution is 2.29. The van der Waals surface area contributed by atoms with Crippen LogP contribution in [0.5, 0.6) is 0 Å². The average Bonchev–Trinajstić information content (AvgIpc) is 3.21. The highest BCUT2D eigenvalue weighted by atomic mass is 127. The van der Waals surface area contributed by atoms with Crippen molar-refractivity contribution in [1.29, 1.82) is 0 Å². The first-order chi connectivity index (χ1) is 15.5. The second-order valence-corrected chi connectivity index (χ2v) is 7.34. The van der Waals surface area contributed by atoms with Gasteiger partial charge in [0.15, 0.2) is 5.96 Å². The van der Waals surface area contributed by atoms with Gasteiger partial charge in [0.2, 0.25) is 0 Å². The molecule has 0 unspecified atom stereocenters. The van der Waals surface area contributed by atoms with Gasteiger partial charge in [-0.15, -0.1) is 24.0 Å². The van der Waals surface area contributed by atoms with Crippen LogP contribution in [-0.4, -0.2) is 35.1 Å². The largest absolute Gasteiger partial charge is 0.416 e. The molecule has 0 bridgehead atoms. The maximum Gasteiger partial charge on any atom is 0.416 e. The summed E-state index contributed by atoms with van der Waals surface area (Å²) >= 11 is 0. The summed E-state index contributed by atoms with van der Waals surface area (Å²) in [4.78, 5) is 9.06. The first kappa shape index (κ1) is 26.7. The van der Waals surface area contributed by atoms with Crippen molar-refractivity contribution < 1.29 is 13.2 Å². The Kier molecular flexibility index (Phi) is 10.7. The Morgan fingerprint density at radius 1 is 0.970 bits per heavy atom. The van der Waals surface area contributed by atoms with Gasteiger partial charge in [0.1, 0.15) is 5.82 Å². The molecular weight excluding hydrogens is 542 g/mol. The van der Waals surface area contributed by atoms with E-state index in [2.05, 4.69) is 37.3 Å². The summed E-state index contributed by atoms with van der Waals surface area (Å²) in [6, 6.07) is 15.5. The number of guanidine groups is 1. The van der Waals surface area contributed by atoms with Crippen LogP contribution in [0.15, 0.2) is 72.0 Å². The number of nitrogens with zero attached hydrogens (tertiary/aromatic N) is 3. The zero-order valence-electron chi connectivity index (χ0n) is 18.5. The number of hydrogen-bond donors (Lipinski definition) is 2. The predicted molar refractivity (Wildman–Crippen MR) is 136 cm³/mol. The summed E-state index contributed by atoms with van der Waals surface area (Å²) in [6.07, 6.45) is 0.770. The zero-order chi connectivity index (χ0) is 22.8. The van der Waals surface area contributed by atoms with Gasteiger partial charge in [-0.25, -0.2) is 4.98 Å². The minimum atomic E-state index is -4.31. The number of halogens is 4. The van der Waals surface area contributed by atoms with Gasteiger partial charge in [-0.2, -0.15) is 13.2 Å². The molecule has 178 valence electrons. The molecule has 0 aliphatic heterocycles. The lowest BCUT2D eigenvalue weighted by Gasteiger charge is -2.12. The maximum absolute atomic E-state index is 12.7. The second kappa shape index (κ2) is 13.2. The molecule has 0 atom stereocenters. The Balaban J connectivity index is 0.00000385. The van der Waals surface area contributed by atoms with Crippen LogP contribution in [0.2, 0.25) is 0 Å². The number of hydrogen-bond acceptors (Lipinski definition) is 2. The Hall–Kier alpha value is -2.56. The van der Waals surface area contributed by atoms with E-state index in [4.69, 9.17) is 0 Å². The SMILES string of the molecule is CCNC(=NCCc1nccn1Cc1ccccc1)NCCc1ccc(C(F)(F)F)cc1.I. The van der Waals surface area contributed by atoms with Crippen molar-refractivity contribution in [3.63, 3.8) is 0 Å². The molecule has 1 aromatic heterocycles. The second-order valence-electron chi connectivity index (χ2n) is 7.34. The van der Waals surface area contributed by atoms with Crippen LogP contribution >= 0.6 is 24.0 Å². The van der Waals surface area contributed by atoms with Crippen LogP contribution in [0.25, 0.3) is 0 Å². The topological polar surface area (TPSA) is 54.2 Å². The molecule has 5 nitrogen and oxygen atoms in total. The van der Waals surface area contributed by atoms with Crippen molar-refractivity contribution in [2.24, 2.45) is 4.99 Å². The first-order valence-corrected chi connectivity index (χ1v) is 10.7. The van der Waals surface area contributed by atoms with Crippen molar-refractivity contribution in [1.82, 2.24) is 20.2 Å². The maximum atomic E-state index is 12.7. The van der Waals surface area contributed by atoms with E-state index in [9.17, 15) is 13.2 Å². The standard InChI is InChI=1S/C24H28F3N5.HI/c1-2-28-23(30-14-12-19-8-10-21(11-9-19)24(25,26)27)31-15-13-22-29-16-17-32(22)18-20-6-4-3-5-7-20;/h3-11,16-17H,2,12-15,18H2,1H3,(H2,28,30,31);1H. The molecule has 0 aliphatic carbocycles. The summed E-state index contributed by atoms with van der Waals surface area (Å²) < 4.78 is 40.1. The zero-order valence-corrected chi connectivity index (χ0v) is 20.8. The average molecular weight is 571 g/mol. The van der Waals surface area contributed by atoms with Crippen molar-refractivity contribution in [3.8, 4) is 0 Å². The van der Waals surface area contributed by atoms with Crippen LogP contribution < -0.4 is 10.6 Å². The predicted octanol–water partition coefficient (Wildman–Crippen LogP) is 4.91. The summed E-state index contributed by atoms with van der Waals surface area (Å²) in [5.41, 5.74) is 1.42. The minimum Gasteiger partial charge on any atom is -0.357 e. The summed E-state index contributed by atoms with van der Waals surface area (Å²) in [5.74, 6) is 1.65.